The molecule has 0 fully saturated rings. The van der Waals surface area contributed by atoms with Crippen LogP contribution in [0.4, 0.5) is 0 Å². The van der Waals surface area contributed by atoms with E-state index in [0.29, 0.717) is 0 Å². The number of aliphatic hydroxyl groups is 1. The van der Waals surface area contributed by atoms with Gasteiger partial charge in [0, 0.05) is 17.1 Å². The Labute approximate surface area is 124 Å². The third-order valence-electron chi connectivity index (χ3n) is 3.10. The van der Waals surface area contributed by atoms with Gasteiger partial charge in [-0.1, -0.05) is 11.3 Å². The van der Waals surface area contributed by atoms with Crippen molar-refractivity contribution in [3.8, 4) is 0 Å². The maximum Gasteiger partial charge on any atom is 0.308 e. The van der Waals surface area contributed by atoms with E-state index in [9.17, 15) is 14.7 Å². The van der Waals surface area contributed by atoms with E-state index in [2.05, 4.69) is 5.32 Å². The van der Waals surface area contributed by atoms with E-state index in [1.165, 1.54) is 15.9 Å². The van der Waals surface area contributed by atoms with E-state index in [-0.39, 0.29) is 23.9 Å². The second-order valence-electron chi connectivity index (χ2n) is 4.47. The van der Waals surface area contributed by atoms with Crippen molar-refractivity contribution in [2.45, 2.75) is 26.5 Å². The highest BCUT2D eigenvalue weighted by Crippen LogP contribution is 2.15. The summed E-state index contributed by atoms with van der Waals surface area (Å²) in [6.45, 7) is 3.81. The lowest BCUT2D eigenvalue weighted by molar-refractivity contribution is -0.122. The molecule has 108 valence electrons. The third-order valence-corrected chi connectivity index (χ3v) is 4.80. The molecule has 2 aromatic heterocycles. The fourth-order valence-corrected chi connectivity index (χ4v) is 3.30. The average Bonchev–Trinajstić information content (AvgIpc) is 3.01. The van der Waals surface area contributed by atoms with Crippen molar-refractivity contribution in [3.05, 3.63) is 42.6 Å². The number of nitrogens with one attached hydrogen (secondary N) is 1. The first-order valence-corrected chi connectivity index (χ1v) is 7.88. The summed E-state index contributed by atoms with van der Waals surface area (Å²) in [5.74, 6) is -0.276. The van der Waals surface area contributed by atoms with Crippen LogP contribution in [0.5, 0.6) is 0 Å². The number of thiazole rings is 1. The fraction of sp³-hybridized carbons (Fsp3) is 0.385. The first-order chi connectivity index (χ1) is 9.49. The van der Waals surface area contributed by atoms with Gasteiger partial charge in [-0.15, -0.1) is 0 Å². The van der Waals surface area contributed by atoms with Crippen molar-refractivity contribution in [2.24, 2.45) is 0 Å². The van der Waals surface area contributed by atoms with Gasteiger partial charge in [-0.05, 0) is 36.2 Å². The lowest BCUT2D eigenvalue weighted by atomic mass is 10.2. The predicted molar refractivity (Wildman–Crippen MR) is 80.3 cm³/mol. The molecule has 0 aliphatic rings. The smallest absolute Gasteiger partial charge is 0.308 e. The number of carbonyl (C=O) groups is 1. The number of hydrogen-bond acceptors (Lipinski definition) is 5. The monoisotopic (exact) mass is 312 g/mol. The predicted octanol–water partition coefficient (Wildman–Crippen LogP) is 1.44. The van der Waals surface area contributed by atoms with Crippen LogP contribution in [0, 0.1) is 13.8 Å². The molecule has 7 heteroatoms. The van der Waals surface area contributed by atoms with E-state index in [0.717, 1.165) is 27.5 Å². The normalized spacial score (nSPS) is 12.3. The fourth-order valence-electron chi connectivity index (χ4n) is 1.76. The van der Waals surface area contributed by atoms with E-state index < -0.39 is 6.10 Å². The number of aromatic nitrogens is 1. The zero-order valence-corrected chi connectivity index (χ0v) is 12.9. The number of nitrogens with zero attached hydrogens (tertiary/aromatic N) is 1. The molecule has 0 saturated heterocycles. The first-order valence-electron chi connectivity index (χ1n) is 6.12. The molecule has 1 unspecified atom stereocenters. The van der Waals surface area contributed by atoms with Gasteiger partial charge >= 0.3 is 4.87 Å². The van der Waals surface area contributed by atoms with Crippen LogP contribution in [-0.4, -0.2) is 22.1 Å². The van der Waals surface area contributed by atoms with Crippen LogP contribution in [0.3, 0.4) is 0 Å². The highest BCUT2D eigenvalue weighted by atomic mass is 32.1. The second kappa shape index (κ2) is 6.34. The van der Waals surface area contributed by atoms with Gasteiger partial charge in [0.15, 0.2) is 0 Å². The highest BCUT2D eigenvalue weighted by molar-refractivity contribution is 7.09. The summed E-state index contributed by atoms with van der Waals surface area (Å²) in [7, 11) is 0. The van der Waals surface area contributed by atoms with Crippen LogP contribution >= 0.6 is 22.7 Å². The summed E-state index contributed by atoms with van der Waals surface area (Å²) in [6.07, 6.45) is -0.716. The topological polar surface area (TPSA) is 71.3 Å². The van der Waals surface area contributed by atoms with Gasteiger partial charge in [0.1, 0.15) is 6.54 Å². The van der Waals surface area contributed by atoms with Gasteiger partial charge in [-0.25, -0.2) is 0 Å². The van der Waals surface area contributed by atoms with Gasteiger partial charge in [-0.3, -0.25) is 14.2 Å². The third kappa shape index (κ3) is 3.36. The minimum Gasteiger partial charge on any atom is -0.387 e. The maximum atomic E-state index is 11.8. The van der Waals surface area contributed by atoms with Crippen molar-refractivity contribution in [1.82, 2.24) is 9.88 Å². The molecule has 20 heavy (non-hydrogen) atoms. The Morgan fingerprint density at radius 2 is 2.25 bits per heavy atom. The molecule has 2 rings (SSSR count). The summed E-state index contributed by atoms with van der Waals surface area (Å²) >= 11 is 2.63. The molecule has 0 aromatic carbocycles. The van der Waals surface area contributed by atoms with Crippen molar-refractivity contribution in [2.75, 3.05) is 6.54 Å². The Bertz CT molecular complexity index is 643. The molecular weight excluding hydrogens is 296 g/mol. The van der Waals surface area contributed by atoms with Crippen molar-refractivity contribution in [3.63, 3.8) is 0 Å². The van der Waals surface area contributed by atoms with E-state index in [1.54, 1.807) is 0 Å². The highest BCUT2D eigenvalue weighted by Gasteiger charge is 2.13. The van der Waals surface area contributed by atoms with Crippen LogP contribution in [0.25, 0.3) is 0 Å². The van der Waals surface area contributed by atoms with Crippen molar-refractivity contribution < 1.29 is 9.90 Å². The van der Waals surface area contributed by atoms with E-state index in [1.807, 2.05) is 30.7 Å². The molecule has 0 aliphatic carbocycles. The van der Waals surface area contributed by atoms with Gasteiger partial charge in [0.05, 0.1) is 6.10 Å². The van der Waals surface area contributed by atoms with Crippen LogP contribution < -0.4 is 10.2 Å². The van der Waals surface area contributed by atoms with Gasteiger partial charge < -0.3 is 10.4 Å². The van der Waals surface area contributed by atoms with Crippen LogP contribution in [0.1, 0.15) is 22.2 Å². The Balaban J connectivity index is 1.91. The zero-order valence-electron chi connectivity index (χ0n) is 11.3. The van der Waals surface area contributed by atoms with Crippen LogP contribution in [0.2, 0.25) is 0 Å². The van der Waals surface area contributed by atoms with Crippen molar-refractivity contribution >= 4 is 28.6 Å². The molecule has 0 radical (unpaired) electrons. The lowest BCUT2D eigenvalue weighted by Gasteiger charge is -2.11. The zero-order chi connectivity index (χ0) is 14.7. The summed E-state index contributed by atoms with van der Waals surface area (Å²) in [6, 6.07) is 1.82. The largest absolute Gasteiger partial charge is 0.387 e. The van der Waals surface area contributed by atoms with Gasteiger partial charge in [0.25, 0.3) is 0 Å². The SMILES string of the molecule is Cc1sc(=O)n(CC(=O)NCC(O)c2ccsc2)c1C. The second-order valence-corrected chi connectivity index (χ2v) is 6.42. The lowest BCUT2D eigenvalue weighted by Crippen LogP contribution is -2.33. The van der Waals surface area contributed by atoms with Crippen molar-refractivity contribution in [1.29, 1.82) is 0 Å². The Morgan fingerprint density at radius 1 is 1.50 bits per heavy atom. The Kier molecular flexibility index (Phi) is 4.74. The number of hydrogen-bond donors (Lipinski definition) is 2. The summed E-state index contributed by atoms with van der Waals surface area (Å²) in [5, 5.41) is 16.2. The Hall–Kier alpha value is -1.44. The number of aryl methyl sites for hydroxylation is 1. The molecule has 2 N–H and O–H groups in total. The molecule has 2 aromatic rings. The molecule has 0 bridgehead atoms. The summed E-state index contributed by atoms with van der Waals surface area (Å²) < 4.78 is 1.45. The molecule has 2 heterocycles. The maximum absolute atomic E-state index is 11.8. The molecule has 1 amide bonds. The molecule has 1 atom stereocenters. The standard InChI is InChI=1S/C13H16N2O3S2/c1-8-9(2)20-13(18)15(8)6-12(17)14-5-11(16)10-3-4-19-7-10/h3-4,7,11,16H,5-6H2,1-2H3,(H,14,17). The number of thiophene rings is 1. The molecule has 0 aliphatic heterocycles. The van der Waals surface area contributed by atoms with Gasteiger partial charge in [-0.2, -0.15) is 11.3 Å². The molecular formula is C13H16N2O3S2. The number of aliphatic hydroxyl groups excluding tert-OH is 1. The molecule has 0 saturated carbocycles. The minimum atomic E-state index is -0.716. The van der Waals surface area contributed by atoms with E-state index in [4.69, 9.17) is 0 Å². The Morgan fingerprint density at radius 3 is 2.80 bits per heavy atom. The van der Waals surface area contributed by atoms with Gasteiger partial charge in [0.2, 0.25) is 5.91 Å². The summed E-state index contributed by atoms with van der Waals surface area (Å²) in [4.78, 5) is 24.3. The summed E-state index contributed by atoms with van der Waals surface area (Å²) in [5.41, 5.74) is 1.60. The first kappa shape index (κ1) is 15.0. The minimum absolute atomic E-state index is 0.00857. The molecule has 0 spiro atoms. The van der Waals surface area contributed by atoms with E-state index >= 15 is 0 Å². The number of amides is 1. The number of carbonyl (C=O) groups excluding carboxylic acids is 1. The van der Waals surface area contributed by atoms with Crippen LogP contribution in [-0.2, 0) is 11.3 Å². The average molecular weight is 312 g/mol. The quantitative estimate of drug-likeness (QED) is 0.877. The number of rotatable bonds is 5. The van der Waals surface area contributed by atoms with Crippen LogP contribution in [0.15, 0.2) is 21.6 Å². The molecule has 5 nitrogen and oxygen atoms in total.